The minimum Gasteiger partial charge on any atom is -0.469 e. The highest BCUT2D eigenvalue weighted by Gasteiger charge is 2.24. The van der Waals surface area contributed by atoms with E-state index in [-0.39, 0.29) is 12.1 Å². The predicted octanol–water partition coefficient (Wildman–Crippen LogP) is 1.95. The molecule has 0 spiro atoms. The highest BCUT2D eigenvalue weighted by atomic mass is 16.6. The fraction of sp³-hybridized carbons (Fsp3) is 0.571. The Morgan fingerprint density at radius 3 is 2.83 bits per heavy atom. The van der Waals surface area contributed by atoms with Crippen LogP contribution in [0.15, 0.2) is 40.1 Å². The molecule has 9 heteroatoms. The van der Waals surface area contributed by atoms with Crippen molar-refractivity contribution in [1.29, 1.82) is 0 Å². The van der Waals surface area contributed by atoms with E-state index in [9.17, 15) is 4.79 Å². The Hall–Kier alpha value is -2.97. The molecule has 3 rings (SSSR count). The van der Waals surface area contributed by atoms with Gasteiger partial charge in [0.2, 0.25) is 0 Å². The summed E-state index contributed by atoms with van der Waals surface area (Å²) >= 11 is 0. The van der Waals surface area contributed by atoms with Gasteiger partial charge in [0.15, 0.2) is 5.96 Å². The number of carbonyl (C=O) groups excluding carboxylic acids is 1. The van der Waals surface area contributed by atoms with E-state index >= 15 is 0 Å². The second-order valence-corrected chi connectivity index (χ2v) is 7.29. The summed E-state index contributed by atoms with van der Waals surface area (Å²) < 4.78 is 12.4. The molecule has 9 nitrogen and oxygen atoms in total. The minimum absolute atomic E-state index is 0.224. The summed E-state index contributed by atoms with van der Waals surface area (Å²) in [4.78, 5) is 18.4. The van der Waals surface area contributed by atoms with Crippen molar-refractivity contribution in [3.8, 4) is 0 Å². The summed E-state index contributed by atoms with van der Waals surface area (Å²) in [6.07, 6.45) is 6.60. The fourth-order valence-corrected chi connectivity index (χ4v) is 3.46. The first-order valence-electron chi connectivity index (χ1n) is 10.6. The van der Waals surface area contributed by atoms with E-state index in [1.807, 2.05) is 43.0 Å². The summed E-state index contributed by atoms with van der Waals surface area (Å²) in [5.74, 6) is 1.72. The first kappa shape index (κ1) is 21.7. The van der Waals surface area contributed by atoms with Gasteiger partial charge in [0.25, 0.3) is 0 Å². The lowest BCUT2D eigenvalue weighted by atomic mass is 10.1. The van der Waals surface area contributed by atoms with Crippen LogP contribution in [0.4, 0.5) is 4.79 Å². The number of likely N-dealkylation sites (tertiary alicyclic amines) is 1. The number of aryl methyl sites for hydroxylation is 1. The zero-order valence-corrected chi connectivity index (χ0v) is 17.8. The number of piperidine rings is 1. The van der Waals surface area contributed by atoms with Crippen molar-refractivity contribution < 1.29 is 13.9 Å². The predicted molar refractivity (Wildman–Crippen MR) is 114 cm³/mol. The third-order valence-corrected chi connectivity index (χ3v) is 5.17. The summed E-state index contributed by atoms with van der Waals surface area (Å²) in [6, 6.07) is 6.14. The van der Waals surface area contributed by atoms with E-state index in [1.54, 1.807) is 11.2 Å². The topological polar surface area (TPSA) is 96.9 Å². The van der Waals surface area contributed by atoms with Gasteiger partial charge in [0.05, 0.1) is 12.9 Å². The number of carbonyl (C=O) groups is 1. The Labute approximate surface area is 177 Å². The van der Waals surface area contributed by atoms with Gasteiger partial charge in [0, 0.05) is 64.0 Å². The average Bonchev–Trinajstić information content (AvgIpc) is 3.40. The highest BCUT2D eigenvalue weighted by Crippen LogP contribution is 2.11. The molecule has 1 aliphatic rings. The van der Waals surface area contributed by atoms with E-state index in [1.165, 1.54) is 5.69 Å². The Bertz CT molecular complexity index is 794. The van der Waals surface area contributed by atoms with E-state index in [0.29, 0.717) is 26.2 Å². The van der Waals surface area contributed by atoms with Crippen LogP contribution in [-0.2, 0) is 24.6 Å². The molecule has 30 heavy (non-hydrogen) atoms. The number of hydrogen-bond acceptors (Lipinski definition) is 5. The minimum atomic E-state index is -0.224. The van der Waals surface area contributed by atoms with Crippen molar-refractivity contribution >= 4 is 12.1 Å². The van der Waals surface area contributed by atoms with Crippen LogP contribution in [0.2, 0.25) is 0 Å². The number of hydrogen-bond donors (Lipinski definition) is 2. The van der Waals surface area contributed by atoms with Crippen LogP contribution in [0.1, 0.15) is 31.2 Å². The van der Waals surface area contributed by atoms with Gasteiger partial charge in [-0.05, 0) is 38.0 Å². The molecule has 2 N–H and O–H groups in total. The molecule has 2 aromatic rings. The SMILES string of the molecule is CCOC(=O)N1CCC(NC(=NCCc2ccco2)NCCc2ccnn2C)CC1. The number of aliphatic imine (C=N–C) groups is 1. The normalized spacial score (nSPS) is 15.3. The zero-order valence-electron chi connectivity index (χ0n) is 17.8. The number of aromatic nitrogens is 2. The van der Waals surface area contributed by atoms with Gasteiger partial charge in [-0.3, -0.25) is 9.67 Å². The van der Waals surface area contributed by atoms with Crippen LogP contribution < -0.4 is 10.6 Å². The maximum Gasteiger partial charge on any atom is 0.409 e. The summed E-state index contributed by atoms with van der Waals surface area (Å²) in [6.45, 7) is 5.00. The fourth-order valence-electron chi connectivity index (χ4n) is 3.46. The molecule has 1 saturated heterocycles. The van der Waals surface area contributed by atoms with E-state index in [2.05, 4.69) is 15.7 Å². The van der Waals surface area contributed by atoms with Crippen LogP contribution in [0.5, 0.6) is 0 Å². The highest BCUT2D eigenvalue weighted by molar-refractivity contribution is 5.80. The first-order chi connectivity index (χ1) is 14.7. The van der Waals surface area contributed by atoms with Crippen molar-refractivity contribution in [1.82, 2.24) is 25.3 Å². The lowest BCUT2D eigenvalue weighted by Crippen LogP contribution is -2.50. The van der Waals surface area contributed by atoms with Crippen LogP contribution in [-0.4, -0.2) is 65.6 Å². The molecule has 1 aliphatic heterocycles. The molecular formula is C21H32N6O3. The Balaban J connectivity index is 1.51. The third-order valence-electron chi connectivity index (χ3n) is 5.17. The molecule has 2 aromatic heterocycles. The number of amides is 1. The lowest BCUT2D eigenvalue weighted by Gasteiger charge is -2.32. The van der Waals surface area contributed by atoms with Gasteiger partial charge in [-0.2, -0.15) is 5.10 Å². The molecule has 0 atom stereocenters. The second kappa shape index (κ2) is 11.3. The molecule has 164 valence electrons. The molecule has 0 radical (unpaired) electrons. The Morgan fingerprint density at radius 2 is 2.17 bits per heavy atom. The van der Waals surface area contributed by atoms with Gasteiger partial charge in [-0.1, -0.05) is 0 Å². The maximum absolute atomic E-state index is 11.9. The number of ether oxygens (including phenoxy) is 1. The molecule has 0 aliphatic carbocycles. The summed E-state index contributed by atoms with van der Waals surface area (Å²) in [5, 5.41) is 11.2. The van der Waals surface area contributed by atoms with Gasteiger partial charge in [-0.15, -0.1) is 0 Å². The van der Waals surface area contributed by atoms with Crippen molar-refractivity contribution in [2.45, 2.75) is 38.6 Å². The van der Waals surface area contributed by atoms with Crippen molar-refractivity contribution in [3.05, 3.63) is 42.1 Å². The molecule has 3 heterocycles. The van der Waals surface area contributed by atoms with Crippen molar-refractivity contribution in [3.63, 3.8) is 0 Å². The number of rotatable bonds is 8. The molecule has 1 amide bonds. The molecule has 0 bridgehead atoms. The van der Waals surface area contributed by atoms with Gasteiger partial charge < -0.3 is 24.7 Å². The van der Waals surface area contributed by atoms with Crippen LogP contribution >= 0.6 is 0 Å². The standard InChI is InChI=1S/C21H32N6O3/c1-3-29-21(28)27-14-9-17(10-15-27)25-20(23-12-8-19-5-4-16-30-19)22-11-6-18-7-13-24-26(18)2/h4-5,7,13,16-17H,3,6,8-12,14-15H2,1-2H3,(H2,22,23,25). The van der Waals surface area contributed by atoms with E-state index in [4.69, 9.17) is 14.1 Å². The first-order valence-corrected chi connectivity index (χ1v) is 10.6. The van der Waals surface area contributed by atoms with E-state index < -0.39 is 0 Å². The van der Waals surface area contributed by atoms with Crippen LogP contribution in [0.25, 0.3) is 0 Å². The molecule has 0 unspecified atom stereocenters. The number of nitrogens with zero attached hydrogens (tertiary/aromatic N) is 4. The summed E-state index contributed by atoms with van der Waals surface area (Å²) in [7, 11) is 1.95. The smallest absolute Gasteiger partial charge is 0.409 e. The summed E-state index contributed by atoms with van der Waals surface area (Å²) in [5.41, 5.74) is 1.17. The van der Waals surface area contributed by atoms with Crippen molar-refractivity contribution in [2.24, 2.45) is 12.0 Å². The third kappa shape index (κ3) is 6.53. The monoisotopic (exact) mass is 416 g/mol. The average molecular weight is 417 g/mol. The molecule has 1 fully saturated rings. The molecule has 0 saturated carbocycles. The largest absolute Gasteiger partial charge is 0.469 e. The molecular weight excluding hydrogens is 384 g/mol. The maximum atomic E-state index is 11.9. The number of nitrogens with one attached hydrogen (secondary N) is 2. The van der Waals surface area contributed by atoms with Crippen LogP contribution in [0, 0.1) is 0 Å². The van der Waals surface area contributed by atoms with Gasteiger partial charge >= 0.3 is 6.09 Å². The van der Waals surface area contributed by atoms with Crippen LogP contribution in [0.3, 0.4) is 0 Å². The number of furan rings is 1. The van der Waals surface area contributed by atoms with E-state index in [0.717, 1.165) is 43.9 Å². The second-order valence-electron chi connectivity index (χ2n) is 7.29. The Kier molecular flexibility index (Phi) is 8.17. The Morgan fingerprint density at radius 1 is 1.33 bits per heavy atom. The molecule has 0 aromatic carbocycles. The quantitative estimate of drug-likeness (QED) is 0.504. The van der Waals surface area contributed by atoms with Gasteiger partial charge in [-0.25, -0.2) is 4.79 Å². The zero-order chi connectivity index (χ0) is 21.2. The lowest BCUT2D eigenvalue weighted by molar-refractivity contribution is 0.0963. The van der Waals surface area contributed by atoms with Crippen molar-refractivity contribution in [2.75, 3.05) is 32.8 Å². The number of guanidine groups is 1. The van der Waals surface area contributed by atoms with Gasteiger partial charge in [0.1, 0.15) is 5.76 Å².